The molecule has 2 aliphatic heterocycles. The molecule has 2 heterocycles. The first kappa shape index (κ1) is 21.9. The molecule has 2 fully saturated rings. The molecule has 0 bridgehead atoms. The molecule has 1 amide bonds. The molecule has 0 aromatic heterocycles. The first-order valence-electron chi connectivity index (χ1n) is 11.0. The van der Waals surface area contributed by atoms with Crippen molar-refractivity contribution in [1.82, 2.24) is 10.2 Å². The van der Waals surface area contributed by atoms with Crippen LogP contribution in [-0.2, 0) is 11.0 Å². The predicted octanol–water partition coefficient (Wildman–Crippen LogP) is 5.19. The van der Waals surface area contributed by atoms with Gasteiger partial charge in [-0.3, -0.25) is 4.79 Å². The van der Waals surface area contributed by atoms with Crippen LogP contribution in [-0.4, -0.2) is 37.0 Å². The lowest BCUT2D eigenvalue weighted by Crippen LogP contribution is -2.51. The quantitative estimate of drug-likeness (QED) is 0.726. The lowest BCUT2D eigenvalue weighted by atomic mass is 9.62. The van der Waals surface area contributed by atoms with E-state index in [2.05, 4.69) is 29.6 Å². The number of carbonyl (C=O) groups excluding carboxylic acids is 1. The van der Waals surface area contributed by atoms with Crippen LogP contribution >= 0.6 is 0 Å². The lowest BCUT2D eigenvalue weighted by molar-refractivity contribution is -0.140. The molecule has 2 aromatic carbocycles. The molecule has 1 spiro atoms. The SMILES string of the molecule is CC(C(=O)N1CCC2(CCNC[C@H]2c2ccccc2)CC1)c1ccccc1C(F)(F)F. The summed E-state index contributed by atoms with van der Waals surface area (Å²) in [6, 6.07) is 15.9. The molecule has 6 heteroatoms. The van der Waals surface area contributed by atoms with E-state index in [1.54, 1.807) is 17.9 Å². The fourth-order valence-corrected chi connectivity index (χ4v) is 5.44. The largest absolute Gasteiger partial charge is 0.416 e. The summed E-state index contributed by atoms with van der Waals surface area (Å²) in [7, 11) is 0. The maximum absolute atomic E-state index is 13.4. The number of piperidine rings is 2. The van der Waals surface area contributed by atoms with Crippen LogP contribution in [0, 0.1) is 5.41 Å². The van der Waals surface area contributed by atoms with Crippen molar-refractivity contribution in [3.63, 3.8) is 0 Å². The van der Waals surface area contributed by atoms with Crippen LogP contribution in [0.5, 0.6) is 0 Å². The van der Waals surface area contributed by atoms with Gasteiger partial charge in [0.25, 0.3) is 0 Å². The van der Waals surface area contributed by atoms with E-state index in [9.17, 15) is 18.0 Å². The first-order valence-corrected chi connectivity index (χ1v) is 11.0. The van der Waals surface area contributed by atoms with Crippen molar-refractivity contribution in [2.45, 2.75) is 44.2 Å². The molecule has 4 rings (SSSR count). The number of benzene rings is 2. The maximum atomic E-state index is 13.4. The number of hydrogen-bond acceptors (Lipinski definition) is 2. The smallest absolute Gasteiger partial charge is 0.342 e. The summed E-state index contributed by atoms with van der Waals surface area (Å²) in [4.78, 5) is 14.9. The molecule has 0 radical (unpaired) electrons. The third kappa shape index (κ3) is 4.36. The van der Waals surface area contributed by atoms with E-state index in [0.29, 0.717) is 19.0 Å². The average Bonchev–Trinajstić information content (AvgIpc) is 2.79. The van der Waals surface area contributed by atoms with Gasteiger partial charge in [-0.2, -0.15) is 13.2 Å². The first-order chi connectivity index (χ1) is 14.8. The van der Waals surface area contributed by atoms with E-state index in [-0.39, 0.29) is 16.9 Å². The zero-order valence-electron chi connectivity index (χ0n) is 17.8. The molecule has 2 atom stereocenters. The summed E-state index contributed by atoms with van der Waals surface area (Å²) in [6.45, 7) is 4.68. The van der Waals surface area contributed by atoms with Gasteiger partial charge >= 0.3 is 6.18 Å². The molecule has 1 unspecified atom stereocenters. The Hall–Kier alpha value is -2.34. The van der Waals surface area contributed by atoms with Crippen molar-refractivity contribution in [2.75, 3.05) is 26.2 Å². The number of rotatable bonds is 3. The highest BCUT2D eigenvalue weighted by atomic mass is 19.4. The zero-order valence-corrected chi connectivity index (χ0v) is 17.8. The molecular weight excluding hydrogens is 401 g/mol. The highest BCUT2D eigenvalue weighted by Crippen LogP contribution is 2.48. The summed E-state index contributed by atoms with van der Waals surface area (Å²) in [5.74, 6) is -0.635. The van der Waals surface area contributed by atoms with Gasteiger partial charge in [-0.25, -0.2) is 0 Å². The van der Waals surface area contributed by atoms with Gasteiger partial charge in [-0.05, 0) is 55.3 Å². The van der Waals surface area contributed by atoms with Gasteiger partial charge in [0.1, 0.15) is 0 Å². The summed E-state index contributed by atoms with van der Waals surface area (Å²) in [6.07, 6.45) is -1.64. The Balaban J connectivity index is 1.49. The topological polar surface area (TPSA) is 32.3 Å². The average molecular weight is 431 g/mol. The molecule has 166 valence electrons. The van der Waals surface area contributed by atoms with Crippen molar-refractivity contribution >= 4 is 5.91 Å². The summed E-state index contributed by atoms with van der Waals surface area (Å²) >= 11 is 0. The van der Waals surface area contributed by atoms with Gasteiger partial charge in [0, 0.05) is 25.6 Å². The lowest BCUT2D eigenvalue weighted by Gasteiger charge is -2.50. The van der Waals surface area contributed by atoms with E-state index >= 15 is 0 Å². The normalized spacial score (nSPS) is 22.3. The second kappa shape index (κ2) is 8.65. The fourth-order valence-electron chi connectivity index (χ4n) is 5.44. The number of carbonyl (C=O) groups is 1. The summed E-state index contributed by atoms with van der Waals surface area (Å²) in [5.41, 5.74) is 0.800. The van der Waals surface area contributed by atoms with E-state index in [0.717, 1.165) is 38.4 Å². The van der Waals surface area contributed by atoms with Crippen LogP contribution in [0.4, 0.5) is 13.2 Å². The van der Waals surface area contributed by atoms with E-state index < -0.39 is 17.7 Å². The van der Waals surface area contributed by atoms with Crippen LogP contribution in [0.2, 0.25) is 0 Å². The van der Waals surface area contributed by atoms with E-state index in [1.165, 1.54) is 17.7 Å². The Morgan fingerprint density at radius 3 is 2.35 bits per heavy atom. The maximum Gasteiger partial charge on any atom is 0.416 e. The Morgan fingerprint density at radius 1 is 1.03 bits per heavy atom. The highest BCUT2D eigenvalue weighted by Gasteiger charge is 2.45. The van der Waals surface area contributed by atoms with Gasteiger partial charge in [0.15, 0.2) is 0 Å². The molecule has 31 heavy (non-hydrogen) atoms. The standard InChI is InChI=1S/C25H29F3N2O/c1-18(20-9-5-6-10-21(20)25(26,27)28)23(31)30-15-12-24(13-16-30)11-14-29-17-22(24)19-7-3-2-4-8-19/h2-10,18,22,29H,11-17H2,1H3/t18?,22-/m0/s1. The summed E-state index contributed by atoms with van der Waals surface area (Å²) < 4.78 is 40.3. The number of alkyl halides is 3. The number of nitrogens with zero attached hydrogens (tertiary/aromatic N) is 1. The van der Waals surface area contributed by atoms with Crippen molar-refractivity contribution in [3.8, 4) is 0 Å². The molecule has 3 nitrogen and oxygen atoms in total. The molecule has 2 aromatic rings. The number of likely N-dealkylation sites (tertiary alicyclic amines) is 1. The van der Waals surface area contributed by atoms with Gasteiger partial charge in [-0.1, -0.05) is 48.5 Å². The second-order valence-corrected chi connectivity index (χ2v) is 8.91. The Bertz CT molecular complexity index is 904. The van der Waals surface area contributed by atoms with Gasteiger partial charge in [-0.15, -0.1) is 0 Å². The Labute approximate surface area is 181 Å². The van der Waals surface area contributed by atoms with Crippen LogP contribution < -0.4 is 5.32 Å². The van der Waals surface area contributed by atoms with Crippen molar-refractivity contribution < 1.29 is 18.0 Å². The molecule has 2 aliphatic rings. The minimum Gasteiger partial charge on any atom is -0.342 e. The minimum atomic E-state index is -4.46. The van der Waals surface area contributed by atoms with Crippen molar-refractivity contribution in [2.24, 2.45) is 5.41 Å². The number of hydrogen-bond donors (Lipinski definition) is 1. The predicted molar refractivity (Wildman–Crippen MR) is 115 cm³/mol. The van der Waals surface area contributed by atoms with Crippen molar-refractivity contribution in [3.05, 3.63) is 71.3 Å². The highest BCUT2D eigenvalue weighted by molar-refractivity contribution is 5.84. The van der Waals surface area contributed by atoms with E-state index in [1.807, 2.05) is 6.07 Å². The van der Waals surface area contributed by atoms with Crippen LogP contribution in [0.1, 0.15) is 54.7 Å². The zero-order chi connectivity index (χ0) is 22.1. The van der Waals surface area contributed by atoms with Gasteiger partial charge < -0.3 is 10.2 Å². The summed E-state index contributed by atoms with van der Waals surface area (Å²) in [5, 5.41) is 3.51. The van der Waals surface area contributed by atoms with Crippen LogP contribution in [0.3, 0.4) is 0 Å². The van der Waals surface area contributed by atoms with Gasteiger partial charge in [0.05, 0.1) is 11.5 Å². The van der Waals surface area contributed by atoms with Crippen LogP contribution in [0.25, 0.3) is 0 Å². The van der Waals surface area contributed by atoms with Crippen LogP contribution in [0.15, 0.2) is 54.6 Å². The van der Waals surface area contributed by atoms with Crippen molar-refractivity contribution in [1.29, 1.82) is 0 Å². The third-order valence-electron chi connectivity index (χ3n) is 7.26. The molecule has 1 N–H and O–H groups in total. The third-order valence-corrected chi connectivity index (χ3v) is 7.26. The molecular formula is C25H29F3N2O. The van der Waals surface area contributed by atoms with E-state index in [4.69, 9.17) is 0 Å². The Kier molecular flexibility index (Phi) is 6.11. The number of amides is 1. The van der Waals surface area contributed by atoms with Gasteiger partial charge in [0.2, 0.25) is 5.91 Å². The fraction of sp³-hybridized carbons (Fsp3) is 0.480. The second-order valence-electron chi connectivity index (χ2n) is 8.91. The molecule has 2 saturated heterocycles. The molecule has 0 saturated carbocycles. The molecule has 0 aliphatic carbocycles. The number of nitrogens with one attached hydrogen (secondary N) is 1. The monoisotopic (exact) mass is 430 g/mol. The minimum absolute atomic E-state index is 0.0596. The number of halogens is 3. The Morgan fingerprint density at radius 2 is 1.68 bits per heavy atom.